The van der Waals surface area contributed by atoms with Crippen molar-refractivity contribution in [3.63, 3.8) is 0 Å². The molecule has 106 valence electrons. The highest BCUT2D eigenvalue weighted by Gasteiger charge is 2.14. The number of halogens is 1. The predicted molar refractivity (Wildman–Crippen MR) is 87.0 cm³/mol. The lowest BCUT2D eigenvalue weighted by molar-refractivity contribution is 1.24. The predicted octanol–water partition coefficient (Wildman–Crippen LogP) is 3.92. The number of pyridine rings is 2. The zero-order chi connectivity index (χ0) is 15.5. The van der Waals surface area contributed by atoms with Crippen LogP contribution in [0.15, 0.2) is 54.7 Å². The van der Waals surface area contributed by atoms with E-state index in [-0.39, 0.29) is 5.82 Å². The van der Waals surface area contributed by atoms with Crippen molar-refractivity contribution < 1.29 is 0 Å². The molecule has 2 aromatic heterocycles. The van der Waals surface area contributed by atoms with Crippen LogP contribution >= 0.6 is 11.6 Å². The molecule has 3 aromatic rings. The fraction of sp³-hybridized carbons (Fsp3) is 0. The van der Waals surface area contributed by atoms with Crippen LogP contribution in [0.1, 0.15) is 5.56 Å². The average molecular weight is 307 g/mol. The van der Waals surface area contributed by atoms with Gasteiger partial charge in [0.05, 0.1) is 11.4 Å². The summed E-state index contributed by atoms with van der Waals surface area (Å²) >= 11 is 6.04. The van der Waals surface area contributed by atoms with E-state index in [1.807, 2.05) is 36.4 Å². The third kappa shape index (κ3) is 2.62. The van der Waals surface area contributed by atoms with E-state index in [1.54, 1.807) is 18.3 Å². The number of nitrogens with two attached hydrogens (primary N) is 1. The van der Waals surface area contributed by atoms with Gasteiger partial charge in [-0.25, -0.2) is 4.98 Å². The second kappa shape index (κ2) is 5.84. The van der Waals surface area contributed by atoms with Crippen LogP contribution in [-0.4, -0.2) is 9.97 Å². The summed E-state index contributed by atoms with van der Waals surface area (Å²) < 4.78 is 0. The molecule has 0 radical (unpaired) electrons. The Morgan fingerprint density at radius 2 is 1.91 bits per heavy atom. The Kier molecular flexibility index (Phi) is 3.73. The molecule has 0 saturated heterocycles. The quantitative estimate of drug-likeness (QED) is 0.778. The molecule has 1 aromatic carbocycles. The van der Waals surface area contributed by atoms with Gasteiger partial charge in [0.25, 0.3) is 0 Å². The topological polar surface area (TPSA) is 75.6 Å². The molecule has 3 rings (SSSR count). The molecular weight excluding hydrogens is 296 g/mol. The largest absolute Gasteiger partial charge is 0.383 e. The first-order valence-electron chi connectivity index (χ1n) is 6.57. The van der Waals surface area contributed by atoms with E-state index in [4.69, 9.17) is 17.3 Å². The van der Waals surface area contributed by atoms with Gasteiger partial charge in [-0.05, 0) is 35.9 Å². The zero-order valence-electron chi connectivity index (χ0n) is 11.5. The standard InChI is InChI=1S/C17H11ClN4/c18-12-5-3-4-11(8-12)13-9-16(15-6-1-2-7-21-15)22-17(20)14(13)10-19/h1-9H,(H2,20,22). The molecule has 2 N–H and O–H groups in total. The van der Waals surface area contributed by atoms with Gasteiger partial charge in [-0.2, -0.15) is 5.26 Å². The summed E-state index contributed by atoms with van der Waals surface area (Å²) in [5.41, 5.74) is 9.11. The molecule has 4 nitrogen and oxygen atoms in total. The van der Waals surface area contributed by atoms with Crippen LogP contribution in [0.3, 0.4) is 0 Å². The van der Waals surface area contributed by atoms with Crippen molar-refractivity contribution in [1.29, 1.82) is 5.26 Å². The fourth-order valence-corrected chi connectivity index (χ4v) is 2.40. The first kappa shape index (κ1) is 14.1. The summed E-state index contributed by atoms with van der Waals surface area (Å²) in [5.74, 6) is 0.181. The molecule has 0 fully saturated rings. The van der Waals surface area contributed by atoms with Crippen molar-refractivity contribution in [3.05, 3.63) is 65.3 Å². The third-order valence-corrected chi connectivity index (χ3v) is 3.46. The van der Waals surface area contributed by atoms with Gasteiger partial charge in [0.1, 0.15) is 17.5 Å². The molecule has 0 spiro atoms. The monoisotopic (exact) mass is 306 g/mol. The first-order valence-corrected chi connectivity index (χ1v) is 6.95. The number of hydrogen-bond donors (Lipinski definition) is 1. The van der Waals surface area contributed by atoms with E-state index in [1.165, 1.54) is 0 Å². The first-order chi connectivity index (χ1) is 10.7. The number of anilines is 1. The number of nitriles is 1. The van der Waals surface area contributed by atoms with Crippen LogP contribution in [0.4, 0.5) is 5.82 Å². The molecule has 0 aliphatic heterocycles. The summed E-state index contributed by atoms with van der Waals surface area (Å²) in [4.78, 5) is 8.55. The van der Waals surface area contributed by atoms with E-state index in [0.29, 0.717) is 27.5 Å². The number of benzene rings is 1. The number of nitrogens with zero attached hydrogens (tertiary/aromatic N) is 3. The van der Waals surface area contributed by atoms with Gasteiger partial charge in [-0.15, -0.1) is 0 Å². The summed E-state index contributed by atoms with van der Waals surface area (Å²) in [7, 11) is 0. The van der Waals surface area contributed by atoms with E-state index < -0.39 is 0 Å². The minimum absolute atomic E-state index is 0.181. The van der Waals surface area contributed by atoms with Crippen molar-refractivity contribution >= 4 is 17.4 Å². The molecule has 0 saturated carbocycles. The molecule has 5 heteroatoms. The van der Waals surface area contributed by atoms with Gasteiger partial charge >= 0.3 is 0 Å². The summed E-state index contributed by atoms with van der Waals surface area (Å²) in [6, 6.07) is 16.7. The lowest BCUT2D eigenvalue weighted by Gasteiger charge is -2.10. The Hall–Kier alpha value is -2.90. The normalized spacial score (nSPS) is 10.2. The van der Waals surface area contributed by atoms with Crippen molar-refractivity contribution in [3.8, 4) is 28.6 Å². The Bertz CT molecular complexity index is 870. The molecule has 2 heterocycles. The minimum atomic E-state index is 0.181. The van der Waals surface area contributed by atoms with Crippen LogP contribution in [0, 0.1) is 11.3 Å². The molecule has 0 bridgehead atoms. The number of nitrogen functional groups attached to an aromatic ring is 1. The summed E-state index contributed by atoms with van der Waals surface area (Å²) in [6.07, 6.45) is 1.68. The highest BCUT2D eigenvalue weighted by Crippen LogP contribution is 2.31. The van der Waals surface area contributed by atoms with E-state index in [2.05, 4.69) is 16.0 Å². The summed E-state index contributed by atoms with van der Waals surface area (Å²) in [5, 5.41) is 9.97. The highest BCUT2D eigenvalue weighted by atomic mass is 35.5. The Morgan fingerprint density at radius 1 is 1.05 bits per heavy atom. The van der Waals surface area contributed by atoms with Crippen LogP contribution in [0.2, 0.25) is 5.02 Å². The van der Waals surface area contributed by atoms with Gasteiger partial charge < -0.3 is 5.73 Å². The lowest BCUT2D eigenvalue weighted by Crippen LogP contribution is -2.00. The van der Waals surface area contributed by atoms with Crippen LogP contribution in [0.25, 0.3) is 22.5 Å². The van der Waals surface area contributed by atoms with Crippen molar-refractivity contribution in [2.24, 2.45) is 0 Å². The SMILES string of the molecule is N#Cc1c(-c2cccc(Cl)c2)cc(-c2ccccn2)nc1N. The van der Waals surface area contributed by atoms with Crippen molar-refractivity contribution in [1.82, 2.24) is 9.97 Å². The molecular formula is C17H11ClN4. The third-order valence-electron chi connectivity index (χ3n) is 3.22. The minimum Gasteiger partial charge on any atom is -0.383 e. The summed E-state index contributed by atoms with van der Waals surface area (Å²) in [6.45, 7) is 0. The number of rotatable bonds is 2. The molecule has 0 aliphatic rings. The van der Waals surface area contributed by atoms with Crippen LogP contribution in [-0.2, 0) is 0 Å². The fourth-order valence-electron chi connectivity index (χ4n) is 2.21. The van der Waals surface area contributed by atoms with Crippen molar-refractivity contribution in [2.45, 2.75) is 0 Å². The van der Waals surface area contributed by atoms with E-state index >= 15 is 0 Å². The van der Waals surface area contributed by atoms with Crippen LogP contribution in [0.5, 0.6) is 0 Å². The molecule has 0 atom stereocenters. The van der Waals surface area contributed by atoms with Gasteiger partial charge in [-0.3, -0.25) is 4.98 Å². The van der Waals surface area contributed by atoms with Gasteiger partial charge in [0.15, 0.2) is 0 Å². The van der Waals surface area contributed by atoms with Crippen molar-refractivity contribution in [2.75, 3.05) is 5.73 Å². The zero-order valence-corrected chi connectivity index (χ0v) is 12.2. The van der Waals surface area contributed by atoms with Crippen LogP contribution < -0.4 is 5.73 Å². The van der Waals surface area contributed by atoms with E-state index in [9.17, 15) is 5.26 Å². The number of aromatic nitrogens is 2. The van der Waals surface area contributed by atoms with Gasteiger partial charge in [0, 0.05) is 16.8 Å². The molecule has 0 unspecified atom stereocenters. The second-order valence-electron chi connectivity index (χ2n) is 4.65. The maximum Gasteiger partial charge on any atom is 0.142 e. The smallest absolute Gasteiger partial charge is 0.142 e. The Morgan fingerprint density at radius 3 is 2.59 bits per heavy atom. The molecule has 0 amide bonds. The maximum absolute atomic E-state index is 9.37. The lowest BCUT2D eigenvalue weighted by atomic mass is 9.99. The Balaban J connectivity index is 2.25. The average Bonchev–Trinajstić information content (AvgIpc) is 2.55. The van der Waals surface area contributed by atoms with Gasteiger partial charge in [0.2, 0.25) is 0 Å². The van der Waals surface area contributed by atoms with E-state index in [0.717, 1.165) is 5.56 Å². The highest BCUT2D eigenvalue weighted by molar-refractivity contribution is 6.30. The Labute approximate surface area is 132 Å². The second-order valence-corrected chi connectivity index (χ2v) is 5.09. The molecule has 0 aliphatic carbocycles. The molecule has 22 heavy (non-hydrogen) atoms. The number of hydrogen-bond acceptors (Lipinski definition) is 4. The maximum atomic E-state index is 9.37. The van der Waals surface area contributed by atoms with Gasteiger partial charge in [-0.1, -0.05) is 29.8 Å².